The molecule has 0 heterocycles. The molecule has 0 saturated carbocycles. The van der Waals surface area contributed by atoms with Crippen molar-refractivity contribution in [2.45, 2.75) is 11.3 Å². The predicted octanol–water partition coefficient (Wildman–Crippen LogP) is 0.0779. The molecule has 0 aromatic heterocycles. The topological polar surface area (TPSA) is 78.9 Å². The molecule has 1 rings (SSSR count). The van der Waals surface area contributed by atoms with Crippen LogP contribution >= 0.6 is 0 Å². The van der Waals surface area contributed by atoms with Crippen molar-refractivity contribution in [1.29, 1.82) is 0 Å². The highest BCUT2D eigenvalue weighted by Gasteiger charge is 2.12. The lowest BCUT2D eigenvalue weighted by Crippen LogP contribution is -2.28. The zero-order chi connectivity index (χ0) is 15.7. The predicted molar refractivity (Wildman–Crippen MR) is 81.8 cm³/mol. The quantitative estimate of drug-likeness (QED) is 0.598. The van der Waals surface area contributed by atoms with Crippen LogP contribution in [0.1, 0.15) is 5.56 Å². The van der Waals surface area contributed by atoms with Crippen molar-refractivity contribution < 1.29 is 18.3 Å². The summed E-state index contributed by atoms with van der Waals surface area (Å²) in [5, 5.41) is 8.82. The number of hydrogen-bond donors (Lipinski definition) is 2. The molecule has 6 nitrogen and oxygen atoms in total. The van der Waals surface area contributed by atoms with E-state index in [1.807, 2.05) is 19.0 Å². The Labute approximate surface area is 126 Å². The Morgan fingerprint density at radius 1 is 1.19 bits per heavy atom. The number of sulfonamides is 1. The van der Waals surface area contributed by atoms with Crippen LogP contribution in [0.5, 0.6) is 0 Å². The summed E-state index contributed by atoms with van der Waals surface area (Å²) in [4.78, 5) is 2.22. The zero-order valence-corrected chi connectivity index (χ0v) is 13.4. The van der Waals surface area contributed by atoms with E-state index < -0.39 is 10.0 Å². The molecule has 0 saturated heterocycles. The van der Waals surface area contributed by atoms with E-state index in [0.717, 1.165) is 12.1 Å². The van der Waals surface area contributed by atoms with Gasteiger partial charge < -0.3 is 14.7 Å². The summed E-state index contributed by atoms with van der Waals surface area (Å²) in [7, 11) is 0.403. The molecule has 1 aromatic carbocycles. The molecule has 7 heteroatoms. The fraction of sp³-hybridized carbons (Fsp3) is 0.571. The van der Waals surface area contributed by atoms with Crippen molar-refractivity contribution in [2.24, 2.45) is 0 Å². The number of hydrogen-bond acceptors (Lipinski definition) is 5. The summed E-state index contributed by atoms with van der Waals surface area (Å²) >= 11 is 0. The lowest BCUT2D eigenvalue weighted by molar-refractivity contribution is 0.122. The normalized spacial score (nSPS) is 12.0. The van der Waals surface area contributed by atoms with Crippen molar-refractivity contribution in [3.8, 4) is 0 Å². The Morgan fingerprint density at radius 3 is 2.43 bits per heavy atom. The van der Waals surface area contributed by atoms with Crippen molar-refractivity contribution in [1.82, 2.24) is 9.62 Å². The third kappa shape index (κ3) is 7.01. The monoisotopic (exact) mass is 316 g/mol. The van der Waals surface area contributed by atoms with Gasteiger partial charge in [-0.15, -0.1) is 0 Å². The number of likely N-dealkylation sites (N-methyl/N-ethyl adjacent to an activating group) is 1. The summed E-state index contributed by atoms with van der Waals surface area (Å²) in [6, 6.07) is 6.50. The van der Waals surface area contributed by atoms with E-state index in [1.54, 1.807) is 24.3 Å². The van der Waals surface area contributed by atoms with E-state index in [1.165, 1.54) is 0 Å². The Kier molecular flexibility index (Phi) is 7.84. The van der Waals surface area contributed by atoms with Gasteiger partial charge in [0.25, 0.3) is 0 Å². The van der Waals surface area contributed by atoms with Crippen molar-refractivity contribution in [2.75, 3.05) is 47.0 Å². The number of nitrogens with zero attached hydrogens (tertiary/aromatic N) is 1. The van der Waals surface area contributed by atoms with Crippen LogP contribution in [-0.2, 0) is 21.2 Å². The Hall–Kier alpha value is -0.990. The molecule has 1 aromatic rings. The summed E-state index contributed by atoms with van der Waals surface area (Å²) in [6.07, 6.45) is 0.521. The average molecular weight is 316 g/mol. The molecule has 0 aliphatic heterocycles. The average Bonchev–Trinajstić information content (AvgIpc) is 2.43. The van der Waals surface area contributed by atoms with Crippen molar-refractivity contribution in [3.63, 3.8) is 0 Å². The third-order valence-corrected chi connectivity index (χ3v) is 4.33. The van der Waals surface area contributed by atoms with E-state index in [0.29, 0.717) is 19.6 Å². The van der Waals surface area contributed by atoms with Crippen molar-refractivity contribution in [3.05, 3.63) is 29.8 Å². The maximum Gasteiger partial charge on any atom is 0.240 e. The van der Waals surface area contributed by atoms with E-state index in [-0.39, 0.29) is 18.0 Å². The molecular formula is C14H24N2O4S. The van der Waals surface area contributed by atoms with Gasteiger partial charge in [-0.25, -0.2) is 13.1 Å². The Balaban J connectivity index is 2.39. The van der Waals surface area contributed by atoms with Crippen LogP contribution in [0.2, 0.25) is 0 Å². The van der Waals surface area contributed by atoms with Gasteiger partial charge >= 0.3 is 0 Å². The van der Waals surface area contributed by atoms with Crippen LogP contribution < -0.4 is 4.72 Å². The number of rotatable bonds is 10. The number of benzene rings is 1. The van der Waals surface area contributed by atoms with Gasteiger partial charge in [0.1, 0.15) is 0 Å². The first-order chi connectivity index (χ1) is 9.95. The van der Waals surface area contributed by atoms with Gasteiger partial charge in [-0.3, -0.25) is 0 Å². The van der Waals surface area contributed by atoms with E-state index in [9.17, 15) is 8.42 Å². The molecule has 0 bridgehead atoms. The fourth-order valence-electron chi connectivity index (χ4n) is 1.65. The standard InChI is InChI=1S/C14H24N2O4S/c1-16(2)9-12-20-11-8-15-21(18,19)14-5-3-13(4-6-14)7-10-17/h3-6,15,17H,7-12H2,1-2H3. The highest BCUT2D eigenvalue weighted by molar-refractivity contribution is 7.89. The van der Waals surface area contributed by atoms with Crippen LogP contribution in [0.3, 0.4) is 0 Å². The molecule has 2 N–H and O–H groups in total. The van der Waals surface area contributed by atoms with Gasteiger partial charge in [-0.2, -0.15) is 0 Å². The first kappa shape index (κ1) is 18.1. The van der Waals surface area contributed by atoms with Crippen molar-refractivity contribution >= 4 is 10.0 Å². The lowest BCUT2D eigenvalue weighted by Gasteiger charge is -2.10. The second-order valence-electron chi connectivity index (χ2n) is 4.93. The van der Waals surface area contributed by atoms with E-state index >= 15 is 0 Å². The smallest absolute Gasteiger partial charge is 0.240 e. The van der Waals surface area contributed by atoms with E-state index in [2.05, 4.69) is 4.72 Å². The van der Waals surface area contributed by atoms with Crippen LogP contribution in [0, 0.1) is 0 Å². The third-order valence-electron chi connectivity index (χ3n) is 2.86. The molecule has 0 aliphatic carbocycles. The van der Waals surface area contributed by atoms with Gasteiger partial charge in [0.15, 0.2) is 0 Å². The molecule has 0 fully saturated rings. The minimum absolute atomic E-state index is 0.0502. The molecule has 0 atom stereocenters. The fourth-order valence-corrected chi connectivity index (χ4v) is 2.66. The molecule has 0 radical (unpaired) electrons. The van der Waals surface area contributed by atoms with Gasteiger partial charge in [0, 0.05) is 19.7 Å². The molecule has 0 spiro atoms. The highest BCUT2D eigenvalue weighted by Crippen LogP contribution is 2.10. The first-order valence-electron chi connectivity index (χ1n) is 6.87. The number of aliphatic hydroxyl groups excluding tert-OH is 1. The van der Waals surface area contributed by atoms with Gasteiger partial charge in [0.2, 0.25) is 10.0 Å². The largest absolute Gasteiger partial charge is 0.396 e. The van der Waals surface area contributed by atoms with Gasteiger partial charge in [-0.05, 0) is 38.2 Å². The molecule has 120 valence electrons. The SMILES string of the molecule is CN(C)CCOCCNS(=O)(=O)c1ccc(CCO)cc1. The number of nitrogens with one attached hydrogen (secondary N) is 1. The number of aliphatic hydroxyl groups is 1. The molecule has 21 heavy (non-hydrogen) atoms. The molecule has 0 amide bonds. The van der Waals surface area contributed by atoms with E-state index in [4.69, 9.17) is 9.84 Å². The maximum atomic E-state index is 12.0. The minimum Gasteiger partial charge on any atom is -0.396 e. The second kappa shape index (κ2) is 9.11. The van der Waals surface area contributed by atoms with Crippen LogP contribution in [0.4, 0.5) is 0 Å². The molecule has 0 aliphatic rings. The first-order valence-corrected chi connectivity index (χ1v) is 8.36. The highest BCUT2D eigenvalue weighted by atomic mass is 32.2. The molecule has 0 unspecified atom stereocenters. The second-order valence-corrected chi connectivity index (χ2v) is 6.70. The molecular weight excluding hydrogens is 292 g/mol. The zero-order valence-electron chi connectivity index (χ0n) is 12.6. The Morgan fingerprint density at radius 2 is 1.86 bits per heavy atom. The number of ether oxygens (including phenoxy) is 1. The Bertz CT molecular complexity index is 500. The summed E-state index contributed by atoms with van der Waals surface area (Å²) < 4.78 is 31.9. The van der Waals surface area contributed by atoms with Crippen LogP contribution in [0.25, 0.3) is 0 Å². The summed E-state index contributed by atoms with van der Waals surface area (Å²) in [6.45, 7) is 2.02. The maximum absolute atomic E-state index is 12.0. The van der Waals surface area contributed by atoms with Crippen LogP contribution in [0.15, 0.2) is 29.2 Å². The lowest BCUT2D eigenvalue weighted by atomic mass is 10.2. The van der Waals surface area contributed by atoms with Gasteiger partial charge in [-0.1, -0.05) is 12.1 Å². The van der Waals surface area contributed by atoms with Crippen LogP contribution in [-0.4, -0.2) is 65.4 Å². The summed E-state index contributed by atoms with van der Waals surface area (Å²) in [5.74, 6) is 0. The van der Waals surface area contributed by atoms with Gasteiger partial charge in [0.05, 0.1) is 18.1 Å². The minimum atomic E-state index is -3.50. The summed E-state index contributed by atoms with van der Waals surface area (Å²) in [5.41, 5.74) is 0.906.